The van der Waals surface area contributed by atoms with Crippen LogP contribution in [0.3, 0.4) is 0 Å². The third kappa shape index (κ3) is 7.41. The Morgan fingerprint density at radius 3 is 2.18 bits per heavy atom. The Kier molecular flexibility index (Phi) is 9.08. The van der Waals surface area contributed by atoms with E-state index < -0.39 is 6.03 Å². The van der Waals surface area contributed by atoms with E-state index in [9.17, 15) is 9.59 Å². The maximum atomic E-state index is 13.2. The molecule has 0 aliphatic heterocycles. The molecule has 0 bridgehead atoms. The van der Waals surface area contributed by atoms with Crippen molar-refractivity contribution in [3.8, 4) is 11.5 Å². The zero-order chi connectivity index (χ0) is 26.9. The monoisotopic (exact) mass is 548 g/mol. The highest BCUT2D eigenvalue weighted by atomic mass is 35.5. The predicted molar refractivity (Wildman–Crippen MR) is 154 cm³/mol. The van der Waals surface area contributed by atoms with E-state index in [-0.39, 0.29) is 24.1 Å². The number of carbonyl (C=O) groups is 2. The lowest BCUT2D eigenvalue weighted by molar-refractivity contribution is 0.250. The summed E-state index contributed by atoms with van der Waals surface area (Å²) in [6.07, 6.45) is 0. The van der Waals surface area contributed by atoms with Crippen LogP contribution in [0.1, 0.15) is 5.56 Å². The van der Waals surface area contributed by atoms with Crippen LogP contribution in [-0.4, -0.2) is 25.2 Å². The number of aryl methyl sites for hydroxylation is 1. The lowest BCUT2D eigenvalue weighted by atomic mass is 10.2. The molecule has 0 saturated heterocycles. The maximum Gasteiger partial charge on any atom is 0.326 e. The molecule has 38 heavy (non-hydrogen) atoms. The largest absolute Gasteiger partial charge is 0.457 e. The van der Waals surface area contributed by atoms with E-state index in [0.29, 0.717) is 33.6 Å². The van der Waals surface area contributed by atoms with Gasteiger partial charge in [0.2, 0.25) is 0 Å². The number of nitrogens with zero attached hydrogens (tertiary/aromatic N) is 1. The number of hydrogen-bond donors (Lipinski definition) is 3. The summed E-state index contributed by atoms with van der Waals surface area (Å²) in [6, 6.07) is 28.2. The first-order chi connectivity index (χ1) is 18.4. The first-order valence-electron chi connectivity index (χ1n) is 11.9. The summed E-state index contributed by atoms with van der Waals surface area (Å²) in [5.41, 5.74) is 2.77. The van der Waals surface area contributed by atoms with Gasteiger partial charge in [-0.3, -0.25) is 4.90 Å². The van der Waals surface area contributed by atoms with Crippen molar-refractivity contribution in [3.05, 3.63) is 113 Å². The highest BCUT2D eigenvalue weighted by Gasteiger charge is 2.17. The number of benzene rings is 4. The Morgan fingerprint density at radius 2 is 1.47 bits per heavy atom. The van der Waals surface area contributed by atoms with Gasteiger partial charge >= 0.3 is 12.1 Å². The second-order valence-electron chi connectivity index (χ2n) is 8.34. The lowest BCUT2D eigenvalue weighted by Gasteiger charge is -2.24. The van der Waals surface area contributed by atoms with Gasteiger partial charge in [0.1, 0.15) is 11.5 Å². The number of hydrogen-bond acceptors (Lipinski definition) is 3. The van der Waals surface area contributed by atoms with E-state index in [1.165, 1.54) is 0 Å². The van der Waals surface area contributed by atoms with E-state index in [4.69, 9.17) is 27.9 Å². The van der Waals surface area contributed by atoms with Gasteiger partial charge in [-0.2, -0.15) is 0 Å². The number of anilines is 3. The van der Waals surface area contributed by atoms with Crippen molar-refractivity contribution in [1.82, 2.24) is 5.32 Å². The summed E-state index contributed by atoms with van der Waals surface area (Å²) in [4.78, 5) is 27.2. The summed E-state index contributed by atoms with van der Waals surface area (Å²) in [7, 11) is 0. The van der Waals surface area contributed by atoms with Crippen molar-refractivity contribution in [2.45, 2.75) is 6.92 Å². The quantitative estimate of drug-likeness (QED) is 0.209. The van der Waals surface area contributed by atoms with Crippen molar-refractivity contribution in [2.75, 3.05) is 28.6 Å². The van der Waals surface area contributed by atoms with Crippen molar-refractivity contribution < 1.29 is 14.3 Å². The van der Waals surface area contributed by atoms with Gasteiger partial charge in [-0.25, -0.2) is 9.59 Å². The van der Waals surface area contributed by atoms with Gasteiger partial charge in [0.05, 0.1) is 15.7 Å². The van der Waals surface area contributed by atoms with Gasteiger partial charge in [0, 0.05) is 24.5 Å². The zero-order valence-electron chi connectivity index (χ0n) is 20.6. The summed E-state index contributed by atoms with van der Waals surface area (Å²) >= 11 is 12.2. The molecule has 0 aromatic heterocycles. The van der Waals surface area contributed by atoms with Crippen molar-refractivity contribution in [1.29, 1.82) is 0 Å². The third-order valence-corrected chi connectivity index (χ3v) is 6.31. The second kappa shape index (κ2) is 12.9. The molecule has 0 saturated carbocycles. The van der Waals surface area contributed by atoms with Crippen molar-refractivity contribution >= 4 is 52.3 Å². The molecule has 0 aliphatic carbocycles. The molecule has 4 aromatic rings. The molecule has 0 unspecified atom stereocenters. The van der Waals surface area contributed by atoms with Crippen LogP contribution in [-0.2, 0) is 0 Å². The molecule has 0 aliphatic rings. The summed E-state index contributed by atoms with van der Waals surface area (Å²) in [5, 5.41) is 8.91. The van der Waals surface area contributed by atoms with E-state index in [1.54, 1.807) is 47.4 Å². The number of carbonyl (C=O) groups excluding carboxylic acids is 2. The number of ether oxygens (including phenoxy) is 1. The Bertz CT molecular complexity index is 1380. The molecule has 4 aromatic carbocycles. The van der Waals surface area contributed by atoms with Crippen LogP contribution >= 0.6 is 23.2 Å². The highest BCUT2D eigenvalue weighted by Crippen LogP contribution is 2.29. The Balaban J connectivity index is 1.44. The Morgan fingerprint density at radius 1 is 0.789 bits per heavy atom. The van der Waals surface area contributed by atoms with Crippen LogP contribution < -0.4 is 25.6 Å². The minimum atomic E-state index is -0.473. The van der Waals surface area contributed by atoms with Crippen molar-refractivity contribution in [2.24, 2.45) is 0 Å². The number of urea groups is 2. The fraction of sp³-hybridized carbons (Fsp3) is 0.103. The summed E-state index contributed by atoms with van der Waals surface area (Å²) < 4.78 is 5.86. The van der Waals surface area contributed by atoms with E-state index >= 15 is 0 Å². The standard InChI is InChI=1S/C29H26Cl2N4O3/c1-20-10-12-21(13-11-20)33-29(37)35(19-18-32-28(36)34-26-9-5-8-25(30)27(26)31)22-14-16-24(17-15-22)38-23-6-3-2-4-7-23/h2-17H,18-19H2,1H3,(H,33,37)(H2,32,34,36). The first-order valence-corrected chi connectivity index (χ1v) is 12.6. The molecule has 0 atom stereocenters. The molecule has 194 valence electrons. The molecule has 0 radical (unpaired) electrons. The van der Waals surface area contributed by atoms with Crippen LogP contribution in [0.25, 0.3) is 0 Å². The van der Waals surface area contributed by atoms with Crippen molar-refractivity contribution in [3.63, 3.8) is 0 Å². The molecule has 4 amide bonds. The van der Waals surface area contributed by atoms with Gasteiger partial charge in [-0.15, -0.1) is 0 Å². The van der Waals surface area contributed by atoms with E-state index in [0.717, 1.165) is 5.56 Å². The van der Waals surface area contributed by atoms with Crippen LogP contribution in [0, 0.1) is 6.92 Å². The van der Waals surface area contributed by atoms with Gasteiger partial charge in [0.15, 0.2) is 0 Å². The van der Waals surface area contributed by atoms with Gasteiger partial charge in [0.25, 0.3) is 0 Å². The number of amides is 4. The van der Waals surface area contributed by atoms with Crippen LogP contribution in [0.15, 0.2) is 97.1 Å². The molecule has 0 spiro atoms. The average Bonchev–Trinajstić information content (AvgIpc) is 2.92. The molecular weight excluding hydrogens is 523 g/mol. The SMILES string of the molecule is Cc1ccc(NC(=O)N(CCNC(=O)Nc2cccc(Cl)c2Cl)c2ccc(Oc3ccccc3)cc2)cc1. The number of para-hydroxylation sites is 1. The average molecular weight is 549 g/mol. The van der Waals surface area contributed by atoms with E-state index in [1.807, 2.05) is 61.5 Å². The minimum absolute atomic E-state index is 0.174. The predicted octanol–water partition coefficient (Wildman–Crippen LogP) is 7.95. The van der Waals surface area contributed by atoms with Crippen LogP contribution in [0.4, 0.5) is 26.7 Å². The highest BCUT2D eigenvalue weighted by molar-refractivity contribution is 6.43. The Labute approximate surface area is 231 Å². The third-order valence-electron chi connectivity index (χ3n) is 5.50. The molecule has 0 fully saturated rings. The molecule has 0 heterocycles. The smallest absolute Gasteiger partial charge is 0.326 e. The fourth-order valence-electron chi connectivity index (χ4n) is 3.54. The summed E-state index contributed by atoms with van der Waals surface area (Å²) in [6.45, 7) is 2.35. The second-order valence-corrected chi connectivity index (χ2v) is 9.12. The minimum Gasteiger partial charge on any atom is -0.457 e. The van der Waals surface area contributed by atoms with E-state index in [2.05, 4.69) is 16.0 Å². The molecule has 4 rings (SSSR count). The van der Waals surface area contributed by atoms with Crippen LogP contribution in [0.2, 0.25) is 10.0 Å². The van der Waals surface area contributed by atoms with Gasteiger partial charge in [-0.05, 0) is 67.6 Å². The fourth-order valence-corrected chi connectivity index (χ4v) is 3.89. The van der Waals surface area contributed by atoms with Gasteiger partial charge < -0.3 is 20.7 Å². The molecule has 3 N–H and O–H groups in total. The molecular formula is C29H26Cl2N4O3. The topological polar surface area (TPSA) is 82.7 Å². The maximum absolute atomic E-state index is 13.2. The first kappa shape index (κ1) is 26.9. The number of halogens is 2. The summed E-state index contributed by atoms with van der Waals surface area (Å²) in [5.74, 6) is 1.35. The van der Waals surface area contributed by atoms with Gasteiger partial charge in [-0.1, -0.05) is 65.2 Å². The lowest BCUT2D eigenvalue weighted by Crippen LogP contribution is -2.42. The Hall–Kier alpha value is -4.20. The normalized spacial score (nSPS) is 10.4. The number of nitrogens with one attached hydrogen (secondary N) is 3. The zero-order valence-corrected chi connectivity index (χ0v) is 22.1. The molecule has 9 heteroatoms. The van der Waals surface area contributed by atoms with Crippen LogP contribution in [0.5, 0.6) is 11.5 Å². The number of rotatable bonds is 8. The molecule has 7 nitrogen and oxygen atoms in total.